The van der Waals surface area contributed by atoms with E-state index >= 15 is 0 Å². The summed E-state index contributed by atoms with van der Waals surface area (Å²) >= 11 is 0. The molecule has 1 aromatic rings. The minimum Gasteiger partial charge on any atom is -0.478 e. The number of carbonyl (C=O) groups is 6. The molecule has 0 radical (unpaired) electrons. The highest BCUT2D eigenvalue weighted by molar-refractivity contribution is 6.22. The first-order chi connectivity index (χ1) is 10.9. The molecular weight excluding hydrogens is 372 g/mol. The molecule has 12 nitrogen and oxygen atoms in total. The van der Waals surface area contributed by atoms with Gasteiger partial charge in [-0.2, -0.15) is 0 Å². The third kappa shape index (κ3) is 3.48. The van der Waals surface area contributed by atoms with E-state index in [0.29, 0.717) is 0 Å². The van der Waals surface area contributed by atoms with Crippen molar-refractivity contribution in [3.8, 4) is 0 Å². The van der Waals surface area contributed by atoms with Gasteiger partial charge in [-0.15, -0.1) is 12.4 Å². The number of carboxylic acids is 6. The summed E-state index contributed by atoms with van der Waals surface area (Å²) in [4.78, 5) is 67.3. The number of rotatable bonds is 6. The summed E-state index contributed by atoms with van der Waals surface area (Å²) in [6.45, 7) is 0. The number of aromatic carboxylic acids is 6. The molecule has 0 aliphatic rings. The Morgan fingerprint density at radius 1 is 0.360 bits per heavy atom. The van der Waals surface area contributed by atoms with E-state index in [-0.39, 0.29) is 12.4 Å². The van der Waals surface area contributed by atoms with Crippen molar-refractivity contribution in [3.05, 3.63) is 33.4 Å². The zero-order valence-electron chi connectivity index (χ0n) is 11.5. The van der Waals surface area contributed by atoms with Crippen LogP contribution in [0.5, 0.6) is 0 Å². The number of hydrogen-bond acceptors (Lipinski definition) is 6. The Kier molecular flexibility index (Phi) is 6.20. The van der Waals surface area contributed by atoms with E-state index in [1.165, 1.54) is 0 Å². The average Bonchev–Trinajstić information content (AvgIpc) is 2.42. The normalized spacial score (nSPS) is 9.60. The molecule has 0 saturated heterocycles. The van der Waals surface area contributed by atoms with E-state index in [9.17, 15) is 28.8 Å². The molecule has 1 aromatic carbocycles. The molecule has 25 heavy (non-hydrogen) atoms. The SMILES string of the molecule is Cl.O=C(O)c1c(C(=O)O)c(C(=O)O)c(C(=O)O)c(C(=O)O)c1C(=O)O. The van der Waals surface area contributed by atoms with Crippen LogP contribution in [0.2, 0.25) is 0 Å². The first-order valence-electron chi connectivity index (χ1n) is 5.57. The average molecular weight is 379 g/mol. The molecule has 1 rings (SSSR count). The van der Waals surface area contributed by atoms with E-state index < -0.39 is 69.2 Å². The second-order valence-corrected chi connectivity index (χ2v) is 4.08. The predicted octanol–water partition coefficient (Wildman–Crippen LogP) is 0.298. The smallest absolute Gasteiger partial charge is 0.337 e. The zero-order valence-corrected chi connectivity index (χ0v) is 12.4. The van der Waals surface area contributed by atoms with Gasteiger partial charge in [0.05, 0.1) is 33.4 Å². The molecule has 0 amide bonds. The molecular formula is C12H7ClO12. The summed E-state index contributed by atoms with van der Waals surface area (Å²) in [5, 5.41) is 54.2. The lowest BCUT2D eigenvalue weighted by molar-refractivity contribution is 0.0592. The van der Waals surface area contributed by atoms with Crippen LogP contribution in [0.1, 0.15) is 62.1 Å². The van der Waals surface area contributed by atoms with Crippen molar-refractivity contribution in [1.29, 1.82) is 0 Å². The van der Waals surface area contributed by atoms with Crippen LogP contribution in [0.25, 0.3) is 0 Å². The highest BCUT2D eigenvalue weighted by Crippen LogP contribution is 2.30. The van der Waals surface area contributed by atoms with Gasteiger partial charge >= 0.3 is 35.8 Å². The third-order valence-electron chi connectivity index (χ3n) is 2.78. The van der Waals surface area contributed by atoms with E-state index in [1.807, 2.05) is 0 Å². The molecule has 0 heterocycles. The molecule has 0 atom stereocenters. The van der Waals surface area contributed by atoms with Crippen LogP contribution >= 0.6 is 12.4 Å². The van der Waals surface area contributed by atoms with Gasteiger partial charge in [-0.25, -0.2) is 28.8 Å². The molecule has 0 aromatic heterocycles. The number of hydrogen-bond donors (Lipinski definition) is 6. The quantitative estimate of drug-likeness (QED) is 0.393. The Morgan fingerprint density at radius 3 is 0.480 bits per heavy atom. The fraction of sp³-hybridized carbons (Fsp3) is 0. The molecule has 134 valence electrons. The van der Waals surface area contributed by atoms with Gasteiger partial charge in [0, 0.05) is 0 Å². The number of carboxylic acid groups (broad SMARTS) is 6. The van der Waals surface area contributed by atoms with Gasteiger partial charge in [-0.05, 0) is 0 Å². The summed E-state index contributed by atoms with van der Waals surface area (Å²) in [5.41, 5.74) is -9.95. The second-order valence-electron chi connectivity index (χ2n) is 4.08. The fourth-order valence-electron chi connectivity index (χ4n) is 2.03. The van der Waals surface area contributed by atoms with Crippen LogP contribution in [-0.4, -0.2) is 66.5 Å². The summed E-state index contributed by atoms with van der Waals surface area (Å²) in [7, 11) is 0. The summed E-state index contributed by atoms with van der Waals surface area (Å²) in [6.07, 6.45) is 0. The van der Waals surface area contributed by atoms with Crippen LogP contribution in [0.3, 0.4) is 0 Å². The minimum atomic E-state index is -2.26. The lowest BCUT2D eigenvalue weighted by Gasteiger charge is -2.15. The van der Waals surface area contributed by atoms with Crippen LogP contribution < -0.4 is 0 Å². The minimum absolute atomic E-state index is 0. The largest absolute Gasteiger partial charge is 0.478 e. The Bertz CT molecular complexity index is 639. The van der Waals surface area contributed by atoms with Crippen molar-refractivity contribution >= 4 is 48.2 Å². The molecule has 0 aliphatic heterocycles. The van der Waals surface area contributed by atoms with Crippen LogP contribution in [0.15, 0.2) is 0 Å². The maximum Gasteiger partial charge on any atom is 0.337 e. The highest BCUT2D eigenvalue weighted by Gasteiger charge is 2.40. The monoisotopic (exact) mass is 378 g/mol. The Morgan fingerprint density at radius 2 is 0.440 bits per heavy atom. The molecule has 13 heteroatoms. The Hall–Kier alpha value is -3.67. The molecule has 0 bridgehead atoms. The van der Waals surface area contributed by atoms with Gasteiger partial charge in [-0.3, -0.25) is 0 Å². The van der Waals surface area contributed by atoms with Gasteiger partial charge in [0.2, 0.25) is 0 Å². The predicted molar refractivity (Wildman–Crippen MR) is 75.4 cm³/mol. The second kappa shape index (κ2) is 7.27. The van der Waals surface area contributed by atoms with Crippen LogP contribution in [0.4, 0.5) is 0 Å². The van der Waals surface area contributed by atoms with Crippen molar-refractivity contribution in [2.75, 3.05) is 0 Å². The summed E-state index contributed by atoms with van der Waals surface area (Å²) in [6, 6.07) is 0. The molecule has 0 saturated carbocycles. The molecule has 0 fully saturated rings. The zero-order chi connectivity index (χ0) is 18.9. The van der Waals surface area contributed by atoms with Gasteiger partial charge in [0.15, 0.2) is 0 Å². The van der Waals surface area contributed by atoms with Crippen molar-refractivity contribution < 1.29 is 59.4 Å². The maximum absolute atomic E-state index is 11.2. The van der Waals surface area contributed by atoms with E-state index in [4.69, 9.17) is 30.6 Å². The van der Waals surface area contributed by atoms with Crippen molar-refractivity contribution in [3.63, 3.8) is 0 Å². The third-order valence-corrected chi connectivity index (χ3v) is 2.78. The highest BCUT2D eigenvalue weighted by atomic mass is 35.5. The van der Waals surface area contributed by atoms with Crippen molar-refractivity contribution in [1.82, 2.24) is 0 Å². The van der Waals surface area contributed by atoms with Crippen LogP contribution in [0, 0.1) is 0 Å². The summed E-state index contributed by atoms with van der Waals surface area (Å²) in [5.74, 6) is -13.5. The van der Waals surface area contributed by atoms with Crippen molar-refractivity contribution in [2.24, 2.45) is 0 Å². The van der Waals surface area contributed by atoms with E-state index in [0.717, 1.165) is 0 Å². The van der Waals surface area contributed by atoms with E-state index in [1.54, 1.807) is 0 Å². The summed E-state index contributed by atoms with van der Waals surface area (Å²) < 4.78 is 0. The van der Waals surface area contributed by atoms with Gasteiger partial charge < -0.3 is 30.6 Å². The first-order valence-corrected chi connectivity index (χ1v) is 5.57. The fourth-order valence-corrected chi connectivity index (χ4v) is 2.03. The van der Waals surface area contributed by atoms with Crippen LogP contribution in [-0.2, 0) is 0 Å². The Balaban J connectivity index is 0.00000576. The molecule has 0 aliphatic carbocycles. The lowest BCUT2D eigenvalue weighted by Crippen LogP contribution is -2.27. The number of halogens is 1. The maximum atomic E-state index is 11.2. The molecule has 0 spiro atoms. The van der Waals surface area contributed by atoms with Gasteiger partial charge in [0.1, 0.15) is 0 Å². The first kappa shape index (κ1) is 21.3. The molecule has 6 N–H and O–H groups in total. The van der Waals surface area contributed by atoms with E-state index in [2.05, 4.69) is 0 Å². The Labute approximate surface area is 142 Å². The van der Waals surface area contributed by atoms with Crippen molar-refractivity contribution in [2.45, 2.75) is 0 Å². The number of benzene rings is 1. The lowest BCUT2D eigenvalue weighted by atomic mass is 9.86. The molecule has 0 unspecified atom stereocenters. The van der Waals surface area contributed by atoms with Gasteiger partial charge in [0.25, 0.3) is 0 Å². The standard InChI is InChI=1S/C12H6O12.ClH/c13-7(14)1-2(8(15)16)4(10(19)20)6(12(23)24)5(11(21)22)3(1)9(17)18;/h(H,13,14)(H,15,16)(H,17,18)(H,19,20)(H,21,22)(H,23,24);1H. The van der Waals surface area contributed by atoms with Gasteiger partial charge in [-0.1, -0.05) is 0 Å². The topological polar surface area (TPSA) is 224 Å².